The van der Waals surface area contributed by atoms with Gasteiger partial charge in [0.15, 0.2) is 0 Å². The van der Waals surface area contributed by atoms with Crippen molar-refractivity contribution >= 4 is 5.91 Å². The van der Waals surface area contributed by atoms with Crippen LogP contribution >= 0.6 is 0 Å². The number of amides is 1. The summed E-state index contributed by atoms with van der Waals surface area (Å²) < 4.78 is 7.96. The molecule has 0 aliphatic carbocycles. The van der Waals surface area contributed by atoms with Crippen LogP contribution < -0.4 is 0 Å². The Balaban J connectivity index is 1.54. The van der Waals surface area contributed by atoms with E-state index in [1.54, 1.807) is 0 Å². The second-order valence-corrected chi connectivity index (χ2v) is 7.32. The molecule has 6 nitrogen and oxygen atoms in total. The lowest BCUT2D eigenvalue weighted by atomic mass is 10.2. The smallest absolute Gasteiger partial charge is 0.225 e. The van der Waals surface area contributed by atoms with Gasteiger partial charge in [-0.1, -0.05) is 18.2 Å². The van der Waals surface area contributed by atoms with Crippen molar-refractivity contribution in [1.82, 2.24) is 19.6 Å². The van der Waals surface area contributed by atoms with E-state index >= 15 is 0 Å². The van der Waals surface area contributed by atoms with Crippen LogP contribution in [-0.4, -0.2) is 64.4 Å². The van der Waals surface area contributed by atoms with Crippen LogP contribution in [0.1, 0.15) is 23.4 Å². The summed E-state index contributed by atoms with van der Waals surface area (Å²) in [4.78, 5) is 16.4. The molecule has 3 heterocycles. The van der Waals surface area contributed by atoms with Crippen molar-refractivity contribution in [2.45, 2.75) is 39.0 Å². The van der Waals surface area contributed by atoms with Gasteiger partial charge in [0.2, 0.25) is 5.91 Å². The first-order valence-electron chi connectivity index (χ1n) is 9.24. The topological polar surface area (TPSA) is 50.6 Å². The van der Waals surface area contributed by atoms with Crippen LogP contribution in [0.25, 0.3) is 5.69 Å². The number of rotatable bonds is 3. The first-order valence-corrected chi connectivity index (χ1v) is 9.24. The lowest BCUT2D eigenvalue weighted by molar-refractivity contribution is -0.131. The van der Waals surface area contributed by atoms with E-state index in [0.717, 1.165) is 31.0 Å². The monoisotopic (exact) mass is 354 g/mol. The van der Waals surface area contributed by atoms with Crippen LogP contribution in [0.3, 0.4) is 0 Å². The number of nitrogens with zero attached hydrogens (tertiary/aromatic N) is 4. The van der Waals surface area contributed by atoms with Gasteiger partial charge in [0, 0.05) is 37.9 Å². The van der Waals surface area contributed by atoms with E-state index < -0.39 is 0 Å². The number of para-hydroxylation sites is 1. The first kappa shape index (κ1) is 17.2. The average Bonchev–Trinajstić information content (AvgIpc) is 3.13. The number of carbonyl (C=O) groups excluding carboxylic acids is 1. The molecule has 2 atom stereocenters. The quantitative estimate of drug-likeness (QED) is 0.845. The Morgan fingerprint density at radius 3 is 2.73 bits per heavy atom. The third-order valence-corrected chi connectivity index (χ3v) is 5.67. The minimum Gasteiger partial charge on any atom is -0.374 e. The van der Waals surface area contributed by atoms with Gasteiger partial charge in [0.1, 0.15) is 0 Å². The number of hydrogen-bond acceptors (Lipinski definition) is 4. The van der Waals surface area contributed by atoms with Crippen molar-refractivity contribution in [1.29, 1.82) is 0 Å². The number of likely N-dealkylation sites (N-methyl/N-ethyl adjacent to an activating group) is 1. The number of aryl methyl sites for hydroxylation is 1. The van der Waals surface area contributed by atoms with Crippen molar-refractivity contribution in [3.8, 4) is 5.69 Å². The van der Waals surface area contributed by atoms with Crippen molar-refractivity contribution in [3.05, 3.63) is 47.3 Å². The van der Waals surface area contributed by atoms with E-state index in [0.29, 0.717) is 13.0 Å². The van der Waals surface area contributed by atoms with Crippen LogP contribution in [-0.2, 0) is 16.1 Å². The summed E-state index contributed by atoms with van der Waals surface area (Å²) in [5.74, 6) is 0.184. The van der Waals surface area contributed by atoms with Gasteiger partial charge in [-0.25, -0.2) is 4.68 Å². The van der Waals surface area contributed by atoms with Gasteiger partial charge in [0.05, 0.1) is 36.6 Å². The molecule has 2 aromatic rings. The molecule has 0 spiro atoms. The highest BCUT2D eigenvalue weighted by Crippen LogP contribution is 2.26. The first-order chi connectivity index (χ1) is 12.5. The lowest BCUT2D eigenvalue weighted by Gasteiger charge is -2.25. The third kappa shape index (κ3) is 3.04. The molecular weight excluding hydrogens is 328 g/mol. The zero-order valence-electron chi connectivity index (χ0n) is 15.7. The van der Waals surface area contributed by atoms with Gasteiger partial charge in [-0.05, 0) is 26.0 Å². The summed E-state index contributed by atoms with van der Waals surface area (Å²) in [5.41, 5.74) is 4.58. The summed E-state index contributed by atoms with van der Waals surface area (Å²) in [7, 11) is 1.90. The molecule has 1 amide bonds. The minimum absolute atomic E-state index is 0.108. The molecule has 6 heteroatoms. The molecule has 2 aliphatic rings. The van der Waals surface area contributed by atoms with E-state index in [4.69, 9.17) is 9.84 Å². The highest BCUT2D eigenvalue weighted by Gasteiger charge is 2.40. The summed E-state index contributed by atoms with van der Waals surface area (Å²) in [6, 6.07) is 10.4. The second-order valence-electron chi connectivity index (χ2n) is 7.32. The van der Waals surface area contributed by atoms with Crippen molar-refractivity contribution in [2.24, 2.45) is 0 Å². The molecule has 0 unspecified atom stereocenters. The van der Waals surface area contributed by atoms with E-state index in [-0.39, 0.29) is 18.1 Å². The Morgan fingerprint density at radius 1 is 1.19 bits per heavy atom. The SMILES string of the molecule is Cc1nn(-c2ccccc2)c(C)c1CN1C[C@@H]2OCCC(=O)N(C)[C@H]2C1. The third-order valence-electron chi connectivity index (χ3n) is 5.67. The summed E-state index contributed by atoms with van der Waals surface area (Å²) in [5, 5.41) is 4.75. The van der Waals surface area contributed by atoms with Crippen molar-refractivity contribution in [3.63, 3.8) is 0 Å². The number of ether oxygens (including phenoxy) is 1. The highest BCUT2D eigenvalue weighted by atomic mass is 16.5. The Morgan fingerprint density at radius 2 is 1.96 bits per heavy atom. The molecule has 4 rings (SSSR count). The molecule has 138 valence electrons. The molecular formula is C20H26N4O2. The van der Waals surface area contributed by atoms with E-state index in [1.165, 1.54) is 11.3 Å². The minimum atomic E-state index is 0.108. The molecule has 2 fully saturated rings. The molecule has 0 bridgehead atoms. The molecule has 0 radical (unpaired) electrons. The van der Waals surface area contributed by atoms with Gasteiger partial charge in [0.25, 0.3) is 0 Å². The number of benzene rings is 1. The van der Waals surface area contributed by atoms with Crippen molar-refractivity contribution in [2.75, 3.05) is 26.7 Å². The van der Waals surface area contributed by atoms with E-state index in [2.05, 4.69) is 30.9 Å². The maximum absolute atomic E-state index is 12.1. The van der Waals surface area contributed by atoms with Crippen LogP contribution in [0.15, 0.2) is 30.3 Å². The van der Waals surface area contributed by atoms with Crippen LogP contribution in [0.2, 0.25) is 0 Å². The van der Waals surface area contributed by atoms with Crippen LogP contribution in [0.5, 0.6) is 0 Å². The van der Waals surface area contributed by atoms with E-state index in [9.17, 15) is 4.79 Å². The maximum atomic E-state index is 12.1. The standard InChI is InChI=1S/C20H26N4O2/c1-14-17(15(2)24(21-14)16-7-5-4-6-8-16)11-23-12-18-19(13-23)26-10-9-20(25)22(18)3/h4-8,18-19H,9-13H2,1-3H3/t18-,19-/m0/s1. The predicted molar refractivity (Wildman–Crippen MR) is 99.2 cm³/mol. The molecule has 26 heavy (non-hydrogen) atoms. The number of carbonyl (C=O) groups is 1. The Bertz CT molecular complexity index is 802. The number of aromatic nitrogens is 2. The van der Waals surface area contributed by atoms with E-state index in [1.807, 2.05) is 34.8 Å². The van der Waals surface area contributed by atoms with Gasteiger partial charge >= 0.3 is 0 Å². The van der Waals surface area contributed by atoms with Crippen LogP contribution in [0.4, 0.5) is 0 Å². The molecule has 2 aliphatic heterocycles. The zero-order chi connectivity index (χ0) is 18.3. The number of likely N-dealkylation sites (tertiary alicyclic amines) is 1. The Labute approximate surface area is 154 Å². The van der Waals surface area contributed by atoms with Crippen molar-refractivity contribution < 1.29 is 9.53 Å². The molecule has 0 saturated carbocycles. The van der Waals surface area contributed by atoms with Gasteiger partial charge in [-0.2, -0.15) is 5.10 Å². The maximum Gasteiger partial charge on any atom is 0.225 e. The molecule has 2 saturated heterocycles. The summed E-state index contributed by atoms with van der Waals surface area (Å²) >= 11 is 0. The fourth-order valence-electron chi connectivity index (χ4n) is 4.10. The number of fused-ring (bicyclic) bond motifs is 1. The van der Waals surface area contributed by atoms with Gasteiger partial charge in [-0.15, -0.1) is 0 Å². The summed E-state index contributed by atoms with van der Waals surface area (Å²) in [6.07, 6.45) is 0.599. The highest BCUT2D eigenvalue weighted by molar-refractivity contribution is 5.76. The predicted octanol–water partition coefficient (Wildman–Crippen LogP) is 1.92. The molecule has 0 N–H and O–H groups in total. The molecule has 1 aromatic heterocycles. The molecule has 1 aromatic carbocycles. The fraction of sp³-hybridized carbons (Fsp3) is 0.500. The van der Waals surface area contributed by atoms with Gasteiger partial charge < -0.3 is 9.64 Å². The average molecular weight is 354 g/mol. The second kappa shape index (κ2) is 6.85. The lowest BCUT2D eigenvalue weighted by Crippen LogP contribution is -2.42. The summed E-state index contributed by atoms with van der Waals surface area (Å²) in [6.45, 7) is 7.27. The number of hydrogen-bond donors (Lipinski definition) is 0. The Hall–Kier alpha value is -2.18. The Kier molecular flexibility index (Phi) is 4.54. The zero-order valence-corrected chi connectivity index (χ0v) is 15.7. The largest absolute Gasteiger partial charge is 0.374 e. The van der Waals surface area contributed by atoms with Gasteiger partial charge in [-0.3, -0.25) is 9.69 Å². The normalized spacial score (nSPS) is 24.0. The van der Waals surface area contributed by atoms with Crippen LogP contribution in [0, 0.1) is 13.8 Å². The fourth-order valence-corrected chi connectivity index (χ4v) is 4.10.